The van der Waals surface area contributed by atoms with E-state index in [1.165, 1.54) is 20.8 Å². The van der Waals surface area contributed by atoms with E-state index < -0.39 is 114 Å². The number of carbonyl (C=O) groups excluding carboxylic acids is 9. The minimum absolute atomic E-state index is 0.0264. The number of benzene rings is 2. The molecular weight excluding hydrogens is 1070 g/mol. The van der Waals surface area contributed by atoms with Gasteiger partial charge in [0, 0.05) is 68.0 Å². The fraction of sp³-hybridized carbons (Fsp3) is 0.547. The van der Waals surface area contributed by atoms with Crippen molar-refractivity contribution >= 4 is 95.3 Å². The number of aliphatic hydroxyl groups is 2. The summed E-state index contributed by atoms with van der Waals surface area (Å²) in [6, 6.07) is 4.81. The number of thiol groups is 2. The van der Waals surface area contributed by atoms with Crippen LogP contribution in [0.2, 0.25) is 0 Å². The number of amides is 9. The van der Waals surface area contributed by atoms with Crippen molar-refractivity contribution in [3.05, 3.63) is 71.9 Å². The molecule has 0 saturated carbocycles. The summed E-state index contributed by atoms with van der Waals surface area (Å²) in [7, 11) is 0. The van der Waals surface area contributed by atoms with Crippen molar-refractivity contribution in [3.8, 4) is 0 Å². The SMILES string of the molecule is CCNC(=NCCCC[C@H](NC(C)=O)C(=O)N[C@@H](CS)C(=O)N[C@@H](Cc1ccccc1)C(=O)N[C@H](Cc1c[nH]c2ccccc12)C(=O)N[C@@H](CCCCN)C(=O)N[C@H](C(=O)N[C@@H](CS)C(=O)N[C@H](C(N)=O)[C@@H](C)O)[C@@H](C)O)NCC. The highest BCUT2D eigenvalue weighted by Crippen LogP contribution is 2.20. The Morgan fingerprint density at radius 3 is 1.59 bits per heavy atom. The molecule has 0 spiro atoms. The molecule has 27 heteroatoms. The number of aromatic amines is 1. The van der Waals surface area contributed by atoms with Crippen LogP contribution < -0.4 is 64.6 Å². The summed E-state index contributed by atoms with van der Waals surface area (Å²) in [4.78, 5) is 130. The lowest BCUT2D eigenvalue weighted by molar-refractivity contribution is -0.137. The third-order valence-electron chi connectivity index (χ3n) is 12.6. The van der Waals surface area contributed by atoms with E-state index in [9.17, 15) is 53.4 Å². The van der Waals surface area contributed by atoms with Crippen LogP contribution in [0.25, 0.3) is 10.9 Å². The van der Waals surface area contributed by atoms with Gasteiger partial charge in [0.05, 0.1) is 12.2 Å². The Morgan fingerprint density at radius 1 is 0.575 bits per heavy atom. The Morgan fingerprint density at radius 2 is 1.04 bits per heavy atom. The van der Waals surface area contributed by atoms with Crippen molar-refractivity contribution in [1.82, 2.24) is 58.2 Å². The standard InChI is InChI=1S/C53H82N14O11S2/c1-6-56-53(57-7-2)58-24-16-14-22-37(60-32(5)70)46(72)64-41(28-79)50(76)62-39(25-33-17-9-8-10-18-33)48(74)63-40(26-34-27-59-36-20-12-11-19-35(34)36)49(75)61-38(21-13-15-23-54)47(73)67-44(31(4)69)52(78)65-42(29-80)51(77)66-43(30(3)68)45(55)71/h8-12,17-20,27,30-31,37-44,59,68-69,79-80H,6-7,13-16,21-26,28-29,54H2,1-5H3,(H2,55,71)(H,60,70)(H,61,75)(H,62,76)(H,63,74)(H,64,72)(H,65,78)(H,66,77)(H,67,73)(H2,56,57,58)/t30-,31-,37+,38+,39+,40-,41+,42+,43+,44+/m1/s1. The third kappa shape index (κ3) is 22.7. The van der Waals surface area contributed by atoms with Gasteiger partial charge in [-0.1, -0.05) is 48.5 Å². The van der Waals surface area contributed by atoms with Gasteiger partial charge in [0.1, 0.15) is 48.3 Å². The van der Waals surface area contributed by atoms with Crippen LogP contribution in [0.1, 0.15) is 84.3 Å². The molecule has 0 fully saturated rings. The fourth-order valence-electron chi connectivity index (χ4n) is 8.31. The molecule has 3 aromatic rings. The van der Waals surface area contributed by atoms with Gasteiger partial charge in [0.15, 0.2) is 5.96 Å². The first-order valence-corrected chi connectivity index (χ1v) is 28.0. The van der Waals surface area contributed by atoms with E-state index in [0.29, 0.717) is 62.4 Å². The average Bonchev–Trinajstić information content (AvgIpc) is 3.83. The van der Waals surface area contributed by atoms with Gasteiger partial charge in [-0.3, -0.25) is 48.1 Å². The molecule has 3 rings (SSSR count). The zero-order valence-electron chi connectivity index (χ0n) is 46.0. The van der Waals surface area contributed by atoms with Crippen LogP contribution in [0.5, 0.6) is 0 Å². The quantitative estimate of drug-likeness (QED) is 0.0129. The van der Waals surface area contributed by atoms with E-state index in [1.807, 2.05) is 32.0 Å². The molecule has 9 amide bonds. The van der Waals surface area contributed by atoms with Gasteiger partial charge in [-0.2, -0.15) is 25.3 Å². The highest BCUT2D eigenvalue weighted by atomic mass is 32.1. The molecule has 80 heavy (non-hydrogen) atoms. The number of primary amides is 1. The average molecular weight is 1160 g/mol. The molecule has 0 aliphatic carbocycles. The molecule has 10 atom stereocenters. The summed E-state index contributed by atoms with van der Waals surface area (Å²) in [5, 5.41) is 48.4. The molecule has 1 heterocycles. The first-order valence-electron chi connectivity index (χ1n) is 26.8. The van der Waals surface area contributed by atoms with Crippen LogP contribution in [0.4, 0.5) is 0 Å². The normalized spacial score (nSPS) is 14.8. The summed E-state index contributed by atoms with van der Waals surface area (Å²) in [5.74, 6) is -7.40. The molecule has 25 nitrogen and oxygen atoms in total. The first kappa shape index (κ1) is 67.3. The van der Waals surface area contributed by atoms with Crippen molar-refractivity contribution in [2.45, 2.75) is 147 Å². The van der Waals surface area contributed by atoms with E-state index in [0.717, 1.165) is 10.9 Å². The van der Waals surface area contributed by atoms with Crippen LogP contribution in [0, 0.1) is 0 Å². The summed E-state index contributed by atoms with van der Waals surface area (Å²) in [6.45, 7) is 9.64. The lowest BCUT2D eigenvalue weighted by Gasteiger charge is -2.28. The second-order valence-corrected chi connectivity index (χ2v) is 19.8. The number of aliphatic hydroxyl groups excluding tert-OH is 2. The zero-order chi connectivity index (χ0) is 59.3. The second kappa shape index (κ2) is 35.6. The maximum Gasteiger partial charge on any atom is 0.245 e. The van der Waals surface area contributed by atoms with Crippen LogP contribution >= 0.6 is 25.3 Å². The monoisotopic (exact) mass is 1150 g/mol. The topological polar surface area (TPSA) is 395 Å². The van der Waals surface area contributed by atoms with Crippen molar-refractivity contribution in [2.24, 2.45) is 16.5 Å². The van der Waals surface area contributed by atoms with Crippen molar-refractivity contribution in [3.63, 3.8) is 0 Å². The number of fused-ring (bicyclic) bond motifs is 1. The van der Waals surface area contributed by atoms with Gasteiger partial charge in [-0.25, -0.2) is 0 Å². The van der Waals surface area contributed by atoms with Crippen molar-refractivity contribution in [1.29, 1.82) is 0 Å². The summed E-state index contributed by atoms with van der Waals surface area (Å²) in [5.41, 5.74) is 13.1. The molecule has 17 N–H and O–H groups in total. The predicted octanol–water partition coefficient (Wildman–Crippen LogP) is -2.17. The molecule has 0 saturated heterocycles. The zero-order valence-corrected chi connectivity index (χ0v) is 47.8. The van der Waals surface area contributed by atoms with Crippen LogP contribution in [0.15, 0.2) is 65.8 Å². The minimum Gasteiger partial charge on any atom is -0.391 e. The van der Waals surface area contributed by atoms with E-state index >= 15 is 0 Å². The van der Waals surface area contributed by atoms with E-state index in [4.69, 9.17) is 11.5 Å². The largest absolute Gasteiger partial charge is 0.391 e. The summed E-state index contributed by atoms with van der Waals surface area (Å²) >= 11 is 8.49. The van der Waals surface area contributed by atoms with Gasteiger partial charge in [0.2, 0.25) is 53.2 Å². The Labute approximate surface area is 477 Å². The van der Waals surface area contributed by atoms with Gasteiger partial charge < -0.3 is 79.8 Å². The number of unbranched alkanes of at least 4 members (excludes halogenated alkanes) is 2. The van der Waals surface area contributed by atoms with Gasteiger partial charge in [-0.05, 0) is 90.0 Å². The van der Waals surface area contributed by atoms with E-state index in [2.05, 4.69) is 88.4 Å². The number of guanidine groups is 1. The Balaban J connectivity index is 1.94. The maximum atomic E-state index is 14.7. The highest BCUT2D eigenvalue weighted by molar-refractivity contribution is 7.80. The molecule has 0 aliphatic heterocycles. The lowest BCUT2D eigenvalue weighted by atomic mass is 10.0. The molecule has 442 valence electrons. The first-order chi connectivity index (χ1) is 38.2. The van der Waals surface area contributed by atoms with E-state index in [-0.39, 0.29) is 43.7 Å². The maximum absolute atomic E-state index is 14.7. The number of H-pyrrole nitrogens is 1. The molecule has 2 aromatic carbocycles. The molecule has 1 aromatic heterocycles. The van der Waals surface area contributed by atoms with Gasteiger partial charge >= 0.3 is 0 Å². The Bertz CT molecular complexity index is 2530. The Kier molecular flexibility index (Phi) is 30.0. The van der Waals surface area contributed by atoms with Crippen molar-refractivity contribution < 1.29 is 53.4 Å². The third-order valence-corrected chi connectivity index (χ3v) is 13.3. The number of nitrogens with two attached hydrogens (primary N) is 2. The fourth-order valence-corrected chi connectivity index (χ4v) is 8.82. The number of rotatable bonds is 35. The van der Waals surface area contributed by atoms with Gasteiger partial charge in [0.25, 0.3) is 0 Å². The number of carbonyl (C=O) groups is 9. The molecular formula is C53H82N14O11S2. The molecule has 0 unspecified atom stereocenters. The number of para-hydroxylation sites is 1. The van der Waals surface area contributed by atoms with Crippen LogP contribution in [-0.4, -0.2) is 173 Å². The smallest absolute Gasteiger partial charge is 0.245 e. The second-order valence-electron chi connectivity index (χ2n) is 19.1. The number of aliphatic imine (C=N–C) groups is 1. The summed E-state index contributed by atoms with van der Waals surface area (Å²) < 4.78 is 0. The number of aromatic nitrogens is 1. The number of nitrogens with zero attached hydrogens (tertiary/aromatic N) is 1. The van der Waals surface area contributed by atoms with Crippen molar-refractivity contribution in [2.75, 3.05) is 37.7 Å². The number of hydrogen-bond acceptors (Lipinski definition) is 15. The number of nitrogens with one attached hydrogen (secondary N) is 11. The van der Waals surface area contributed by atoms with Crippen LogP contribution in [-0.2, 0) is 56.0 Å². The lowest BCUT2D eigenvalue weighted by Crippen LogP contribution is -2.62. The minimum atomic E-state index is -1.71. The number of hydrogen-bond donors (Lipinski definition) is 17. The Hall–Kier alpha value is -6.94. The predicted molar refractivity (Wildman–Crippen MR) is 310 cm³/mol. The van der Waals surface area contributed by atoms with Gasteiger partial charge in [-0.15, -0.1) is 0 Å². The molecule has 0 radical (unpaired) electrons. The highest BCUT2D eigenvalue weighted by Gasteiger charge is 2.36. The molecule has 0 aliphatic rings. The molecule has 0 bridgehead atoms. The summed E-state index contributed by atoms with van der Waals surface area (Å²) in [6.07, 6.45) is 0.513. The van der Waals surface area contributed by atoms with E-state index in [1.54, 1.807) is 42.6 Å². The van der Waals surface area contributed by atoms with Crippen LogP contribution in [0.3, 0.4) is 0 Å².